The Morgan fingerprint density at radius 1 is 1.15 bits per heavy atom. The van der Waals surface area contributed by atoms with Crippen LogP contribution in [0.1, 0.15) is 42.6 Å². The van der Waals surface area contributed by atoms with Crippen molar-refractivity contribution in [1.82, 2.24) is 0 Å². The summed E-state index contributed by atoms with van der Waals surface area (Å²) in [6, 6.07) is 11.1. The van der Waals surface area contributed by atoms with Gasteiger partial charge in [-0.15, -0.1) is 0 Å². The van der Waals surface area contributed by atoms with Crippen molar-refractivity contribution in [3.63, 3.8) is 0 Å². The van der Waals surface area contributed by atoms with Gasteiger partial charge in [-0.1, -0.05) is 13.0 Å². The van der Waals surface area contributed by atoms with E-state index in [4.69, 9.17) is 15.2 Å². The van der Waals surface area contributed by atoms with Crippen molar-refractivity contribution in [1.29, 1.82) is 0 Å². The Morgan fingerprint density at radius 2 is 2.00 bits per heavy atom. The highest BCUT2D eigenvalue weighted by Gasteiger charge is 2.25. The van der Waals surface area contributed by atoms with E-state index in [0.717, 1.165) is 36.2 Å². The molecule has 0 bridgehead atoms. The lowest BCUT2D eigenvalue weighted by atomic mass is 9.99. The Balaban J connectivity index is 1.91. The van der Waals surface area contributed by atoms with Gasteiger partial charge in [0.25, 0.3) is 5.91 Å². The van der Waals surface area contributed by atoms with E-state index in [-0.39, 0.29) is 5.91 Å². The highest BCUT2D eigenvalue weighted by molar-refractivity contribution is 6.07. The second-order valence-corrected chi connectivity index (χ2v) is 6.35. The zero-order valence-corrected chi connectivity index (χ0v) is 15.5. The molecule has 3 rings (SSSR count). The van der Waals surface area contributed by atoms with Crippen LogP contribution >= 0.6 is 0 Å². The van der Waals surface area contributed by atoms with Gasteiger partial charge in [0.1, 0.15) is 0 Å². The number of hydrogen-bond donors (Lipinski definition) is 1. The van der Waals surface area contributed by atoms with Crippen LogP contribution in [0.3, 0.4) is 0 Å². The molecule has 0 saturated carbocycles. The third kappa shape index (κ3) is 3.62. The molecule has 0 aromatic heterocycles. The minimum absolute atomic E-state index is 0.0421. The Labute approximate surface area is 154 Å². The Bertz CT molecular complexity index is 789. The van der Waals surface area contributed by atoms with E-state index < -0.39 is 0 Å². The normalized spacial score (nSPS) is 13.2. The number of anilines is 2. The van der Waals surface area contributed by atoms with Gasteiger partial charge in [-0.25, -0.2) is 0 Å². The third-order valence-corrected chi connectivity index (χ3v) is 4.48. The van der Waals surface area contributed by atoms with E-state index >= 15 is 0 Å². The quantitative estimate of drug-likeness (QED) is 0.795. The molecule has 0 radical (unpaired) electrons. The Morgan fingerprint density at radius 3 is 2.77 bits per heavy atom. The summed E-state index contributed by atoms with van der Waals surface area (Å²) in [6.07, 6.45) is 2.72. The largest absolute Gasteiger partial charge is 0.490 e. The number of benzene rings is 2. The van der Waals surface area contributed by atoms with Crippen LogP contribution in [0.4, 0.5) is 11.4 Å². The van der Waals surface area contributed by atoms with Crippen LogP contribution in [-0.4, -0.2) is 25.7 Å². The first-order valence-electron chi connectivity index (χ1n) is 9.24. The second kappa shape index (κ2) is 8.13. The number of nitrogen functional groups attached to an aromatic ring is 1. The summed E-state index contributed by atoms with van der Waals surface area (Å²) in [6.45, 7) is 5.79. The van der Waals surface area contributed by atoms with Crippen molar-refractivity contribution in [2.45, 2.75) is 33.1 Å². The molecule has 1 aliphatic rings. The SMILES string of the molecule is CCCOc1ccc(C(=O)N2CCCc3c(N)cccc32)cc1OCC. The fourth-order valence-corrected chi connectivity index (χ4v) is 3.26. The predicted molar refractivity (Wildman–Crippen MR) is 104 cm³/mol. The maximum Gasteiger partial charge on any atom is 0.258 e. The Hall–Kier alpha value is -2.69. The lowest BCUT2D eigenvalue weighted by Gasteiger charge is -2.30. The summed E-state index contributed by atoms with van der Waals surface area (Å²) in [5.41, 5.74) is 9.40. The Kier molecular flexibility index (Phi) is 5.66. The van der Waals surface area contributed by atoms with Crippen LogP contribution < -0.4 is 20.1 Å². The van der Waals surface area contributed by atoms with Gasteiger partial charge in [-0.3, -0.25) is 4.79 Å². The molecule has 5 heteroatoms. The minimum atomic E-state index is -0.0421. The summed E-state index contributed by atoms with van der Waals surface area (Å²) >= 11 is 0. The summed E-state index contributed by atoms with van der Waals surface area (Å²) in [5.74, 6) is 1.24. The molecule has 26 heavy (non-hydrogen) atoms. The molecule has 1 heterocycles. The molecule has 2 aromatic carbocycles. The fourth-order valence-electron chi connectivity index (χ4n) is 3.26. The van der Waals surface area contributed by atoms with Gasteiger partial charge >= 0.3 is 0 Å². The van der Waals surface area contributed by atoms with E-state index in [9.17, 15) is 4.79 Å². The molecular formula is C21H26N2O3. The number of nitrogens with two attached hydrogens (primary N) is 1. The monoisotopic (exact) mass is 354 g/mol. The number of hydrogen-bond acceptors (Lipinski definition) is 4. The van der Waals surface area contributed by atoms with E-state index in [1.165, 1.54) is 0 Å². The first-order chi connectivity index (χ1) is 12.7. The van der Waals surface area contributed by atoms with Crippen LogP contribution in [0.15, 0.2) is 36.4 Å². The molecule has 2 aromatic rings. The molecule has 0 spiro atoms. The molecule has 0 unspecified atom stereocenters. The molecule has 5 nitrogen and oxygen atoms in total. The van der Waals surface area contributed by atoms with E-state index in [1.54, 1.807) is 12.1 Å². The highest BCUT2D eigenvalue weighted by atomic mass is 16.5. The molecule has 2 N–H and O–H groups in total. The number of carbonyl (C=O) groups excluding carboxylic acids is 1. The van der Waals surface area contributed by atoms with Crippen LogP contribution in [-0.2, 0) is 6.42 Å². The molecule has 138 valence electrons. The van der Waals surface area contributed by atoms with Gasteiger partial charge in [0.2, 0.25) is 0 Å². The molecule has 0 saturated heterocycles. The summed E-state index contributed by atoms with van der Waals surface area (Å²) < 4.78 is 11.4. The standard InChI is InChI=1S/C21H26N2O3/c1-3-13-26-19-11-10-15(14-20(19)25-4-2)21(24)23-12-6-7-16-17(22)8-5-9-18(16)23/h5,8-11,14H,3-4,6-7,12-13,22H2,1-2H3. The van der Waals surface area contributed by atoms with E-state index in [0.29, 0.717) is 36.8 Å². The van der Waals surface area contributed by atoms with Gasteiger partial charge < -0.3 is 20.1 Å². The average molecular weight is 354 g/mol. The zero-order chi connectivity index (χ0) is 18.5. The summed E-state index contributed by atoms with van der Waals surface area (Å²) in [4.78, 5) is 15.0. The van der Waals surface area contributed by atoms with Gasteiger partial charge in [-0.2, -0.15) is 0 Å². The van der Waals surface area contributed by atoms with Gasteiger partial charge in [0.15, 0.2) is 11.5 Å². The minimum Gasteiger partial charge on any atom is -0.490 e. The predicted octanol–water partition coefficient (Wildman–Crippen LogP) is 4.05. The lowest BCUT2D eigenvalue weighted by Crippen LogP contribution is -2.35. The maximum absolute atomic E-state index is 13.1. The fraction of sp³-hybridized carbons (Fsp3) is 0.381. The first kappa shape index (κ1) is 18.1. The molecule has 0 fully saturated rings. The summed E-state index contributed by atoms with van der Waals surface area (Å²) in [7, 11) is 0. The summed E-state index contributed by atoms with van der Waals surface area (Å²) in [5, 5.41) is 0. The van der Waals surface area contributed by atoms with Crippen LogP contribution in [0.25, 0.3) is 0 Å². The van der Waals surface area contributed by atoms with Crippen molar-refractivity contribution in [3.8, 4) is 11.5 Å². The topological polar surface area (TPSA) is 64.8 Å². The first-order valence-corrected chi connectivity index (χ1v) is 9.24. The van der Waals surface area contributed by atoms with Crippen molar-refractivity contribution in [2.75, 3.05) is 30.4 Å². The third-order valence-electron chi connectivity index (χ3n) is 4.48. The molecule has 1 amide bonds. The molecule has 0 aliphatic carbocycles. The van der Waals surface area contributed by atoms with Gasteiger partial charge in [-0.05, 0) is 62.1 Å². The maximum atomic E-state index is 13.1. The number of amides is 1. The number of fused-ring (bicyclic) bond motifs is 1. The number of rotatable bonds is 6. The number of ether oxygens (including phenoxy) is 2. The van der Waals surface area contributed by atoms with Gasteiger partial charge in [0, 0.05) is 23.5 Å². The van der Waals surface area contributed by atoms with Crippen molar-refractivity contribution in [3.05, 3.63) is 47.5 Å². The highest BCUT2D eigenvalue weighted by Crippen LogP contribution is 2.34. The molecular weight excluding hydrogens is 328 g/mol. The van der Waals surface area contributed by atoms with Gasteiger partial charge in [0.05, 0.1) is 13.2 Å². The van der Waals surface area contributed by atoms with E-state index in [2.05, 4.69) is 6.92 Å². The van der Waals surface area contributed by atoms with E-state index in [1.807, 2.05) is 36.1 Å². The van der Waals surface area contributed by atoms with Crippen LogP contribution in [0.2, 0.25) is 0 Å². The lowest BCUT2D eigenvalue weighted by molar-refractivity contribution is 0.0984. The number of nitrogens with zero attached hydrogens (tertiary/aromatic N) is 1. The van der Waals surface area contributed by atoms with Crippen molar-refractivity contribution < 1.29 is 14.3 Å². The second-order valence-electron chi connectivity index (χ2n) is 6.35. The molecule has 1 aliphatic heterocycles. The molecule has 0 atom stereocenters. The van der Waals surface area contributed by atoms with Crippen LogP contribution in [0, 0.1) is 0 Å². The van der Waals surface area contributed by atoms with Crippen molar-refractivity contribution >= 4 is 17.3 Å². The average Bonchev–Trinajstić information content (AvgIpc) is 2.66. The number of carbonyl (C=O) groups is 1. The van der Waals surface area contributed by atoms with Crippen LogP contribution in [0.5, 0.6) is 11.5 Å². The van der Waals surface area contributed by atoms with Crippen molar-refractivity contribution in [2.24, 2.45) is 0 Å². The smallest absolute Gasteiger partial charge is 0.258 e. The zero-order valence-electron chi connectivity index (χ0n) is 15.5.